The number of esters is 1. The Morgan fingerprint density at radius 3 is 2.56 bits per heavy atom. The first-order chi connectivity index (χ1) is 12.9. The van der Waals surface area contributed by atoms with Gasteiger partial charge < -0.3 is 14.2 Å². The van der Waals surface area contributed by atoms with Crippen molar-refractivity contribution < 1.29 is 27.4 Å². The first kappa shape index (κ1) is 19.0. The molecule has 8 heteroatoms. The molecule has 0 fully saturated rings. The van der Waals surface area contributed by atoms with E-state index in [0.717, 1.165) is 9.87 Å². The molecule has 0 amide bonds. The van der Waals surface area contributed by atoms with Gasteiger partial charge in [-0.3, -0.25) is 9.10 Å². The van der Waals surface area contributed by atoms with Gasteiger partial charge in [0.1, 0.15) is 19.8 Å². The van der Waals surface area contributed by atoms with Gasteiger partial charge in [-0.25, -0.2) is 8.42 Å². The molecule has 0 atom stereocenters. The Kier molecular flexibility index (Phi) is 5.55. The van der Waals surface area contributed by atoms with E-state index in [-0.39, 0.29) is 11.5 Å². The van der Waals surface area contributed by atoms with Crippen LogP contribution in [0.3, 0.4) is 0 Å². The van der Waals surface area contributed by atoms with Gasteiger partial charge in [-0.15, -0.1) is 0 Å². The predicted octanol–water partition coefficient (Wildman–Crippen LogP) is 2.52. The lowest BCUT2D eigenvalue weighted by molar-refractivity contribution is -0.141. The number of fused-ring (bicyclic) bond motifs is 1. The maximum Gasteiger partial charge on any atom is 0.326 e. The van der Waals surface area contributed by atoms with Gasteiger partial charge in [-0.05, 0) is 43.7 Å². The number of nitrogens with zero attached hydrogens (tertiary/aromatic N) is 1. The summed E-state index contributed by atoms with van der Waals surface area (Å²) in [5.74, 6) is 0.232. The van der Waals surface area contributed by atoms with Crippen LogP contribution in [0.5, 0.6) is 11.5 Å². The summed E-state index contributed by atoms with van der Waals surface area (Å²) in [4.78, 5) is 12.1. The lowest BCUT2D eigenvalue weighted by Gasteiger charge is -2.25. The number of anilines is 1. The summed E-state index contributed by atoms with van der Waals surface area (Å²) < 4.78 is 43.5. The molecular weight excluding hydrogens is 370 g/mol. The maximum atomic E-state index is 13.3. The van der Waals surface area contributed by atoms with E-state index in [0.29, 0.717) is 30.4 Å². The van der Waals surface area contributed by atoms with Crippen molar-refractivity contribution in [3.8, 4) is 11.5 Å². The first-order valence-electron chi connectivity index (χ1n) is 8.56. The summed E-state index contributed by atoms with van der Waals surface area (Å²) in [6.07, 6.45) is 0. The molecular formula is C19H21NO6S. The summed E-state index contributed by atoms with van der Waals surface area (Å²) >= 11 is 0. The summed E-state index contributed by atoms with van der Waals surface area (Å²) in [7, 11) is -4.02. The Bertz CT molecular complexity index is 941. The quantitative estimate of drug-likeness (QED) is 0.704. The number of carbonyl (C=O) groups excluding carboxylic acids is 1. The number of hydrogen-bond donors (Lipinski definition) is 0. The minimum atomic E-state index is -4.02. The second-order valence-corrected chi connectivity index (χ2v) is 7.82. The van der Waals surface area contributed by atoms with E-state index in [1.807, 2.05) is 13.0 Å². The SMILES string of the molecule is CCOC(=O)CN(c1cccc(C)c1)S(=O)(=O)c1ccc2c(c1)OCCO2. The molecule has 2 aromatic rings. The van der Waals surface area contributed by atoms with Crippen LogP contribution in [-0.4, -0.2) is 40.8 Å². The van der Waals surface area contributed by atoms with Gasteiger partial charge in [-0.2, -0.15) is 0 Å². The summed E-state index contributed by atoms with van der Waals surface area (Å²) in [5.41, 5.74) is 1.26. The highest BCUT2D eigenvalue weighted by molar-refractivity contribution is 7.92. The summed E-state index contributed by atoms with van der Waals surface area (Å²) in [5, 5.41) is 0. The van der Waals surface area contributed by atoms with Crippen molar-refractivity contribution in [2.45, 2.75) is 18.7 Å². The number of carbonyl (C=O) groups is 1. The molecule has 27 heavy (non-hydrogen) atoms. The Morgan fingerprint density at radius 2 is 1.85 bits per heavy atom. The van der Waals surface area contributed by atoms with Gasteiger partial charge in [0.05, 0.1) is 17.2 Å². The molecule has 0 radical (unpaired) electrons. The summed E-state index contributed by atoms with van der Waals surface area (Å²) in [6.45, 7) is 4.03. The van der Waals surface area contributed by atoms with Crippen LogP contribution < -0.4 is 13.8 Å². The van der Waals surface area contributed by atoms with E-state index in [4.69, 9.17) is 14.2 Å². The molecule has 7 nitrogen and oxygen atoms in total. The normalized spacial score (nSPS) is 13.1. The fourth-order valence-corrected chi connectivity index (χ4v) is 4.15. The predicted molar refractivity (Wildman–Crippen MR) is 99.8 cm³/mol. The highest BCUT2D eigenvalue weighted by atomic mass is 32.2. The number of ether oxygens (including phenoxy) is 3. The average Bonchev–Trinajstić information content (AvgIpc) is 2.66. The summed E-state index contributed by atoms with van der Waals surface area (Å²) in [6, 6.07) is 11.3. The molecule has 1 heterocycles. The number of aryl methyl sites for hydroxylation is 1. The monoisotopic (exact) mass is 391 g/mol. The number of hydrogen-bond acceptors (Lipinski definition) is 6. The van der Waals surface area contributed by atoms with Gasteiger partial charge in [0, 0.05) is 6.07 Å². The van der Waals surface area contributed by atoms with E-state index >= 15 is 0 Å². The molecule has 0 aromatic heterocycles. The minimum Gasteiger partial charge on any atom is -0.486 e. The third kappa shape index (κ3) is 4.16. The smallest absolute Gasteiger partial charge is 0.326 e. The molecule has 3 rings (SSSR count). The zero-order valence-corrected chi connectivity index (χ0v) is 16.0. The van der Waals surface area contributed by atoms with Gasteiger partial charge in [0.25, 0.3) is 10.0 Å². The van der Waals surface area contributed by atoms with E-state index in [2.05, 4.69) is 0 Å². The number of sulfonamides is 1. The van der Waals surface area contributed by atoms with Gasteiger partial charge >= 0.3 is 5.97 Å². The molecule has 0 unspecified atom stereocenters. The number of benzene rings is 2. The molecule has 0 N–H and O–H groups in total. The van der Waals surface area contributed by atoms with Gasteiger partial charge in [-0.1, -0.05) is 12.1 Å². The fraction of sp³-hybridized carbons (Fsp3) is 0.316. The molecule has 1 aliphatic rings. The minimum absolute atomic E-state index is 0.0116. The molecule has 2 aromatic carbocycles. The first-order valence-corrected chi connectivity index (χ1v) is 10.0. The maximum absolute atomic E-state index is 13.3. The van der Waals surface area contributed by atoms with Crippen molar-refractivity contribution in [3.63, 3.8) is 0 Å². The molecule has 0 saturated heterocycles. The number of rotatable bonds is 6. The van der Waals surface area contributed by atoms with Crippen molar-refractivity contribution >= 4 is 21.7 Å². The highest BCUT2D eigenvalue weighted by Gasteiger charge is 2.29. The Labute approximate surface area is 158 Å². The van der Waals surface area contributed by atoms with Crippen LogP contribution in [0.4, 0.5) is 5.69 Å². The second kappa shape index (κ2) is 7.87. The van der Waals surface area contributed by atoms with E-state index < -0.39 is 22.5 Å². The van der Waals surface area contributed by atoms with Crippen molar-refractivity contribution in [1.29, 1.82) is 0 Å². The lowest BCUT2D eigenvalue weighted by Crippen LogP contribution is -2.36. The largest absolute Gasteiger partial charge is 0.486 e. The lowest BCUT2D eigenvalue weighted by atomic mass is 10.2. The molecule has 0 saturated carbocycles. The highest BCUT2D eigenvalue weighted by Crippen LogP contribution is 2.34. The van der Waals surface area contributed by atoms with Crippen LogP contribution >= 0.6 is 0 Å². The topological polar surface area (TPSA) is 82.1 Å². The second-order valence-electron chi connectivity index (χ2n) is 5.96. The van der Waals surface area contributed by atoms with Gasteiger partial charge in [0.2, 0.25) is 0 Å². The van der Waals surface area contributed by atoms with Crippen LogP contribution in [0.2, 0.25) is 0 Å². The zero-order valence-electron chi connectivity index (χ0n) is 15.2. The third-order valence-corrected chi connectivity index (χ3v) is 5.74. The van der Waals surface area contributed by atoms with Crippen LogP contribution in [0, 0.1) is 6.92 Å². The van der Waals surface area contributed by atoms with E-state index in [9.17, 15) is 13.2 Å². The average molecular weight is 391 g/mol. The Morgan fingerprint density at radius 1 is 1.11 bits per heavy atom. The van der Waals surface area contributed by atoms with E-state index in [1.54, 1.807) is 31.2 Å². The Balaban J connectivity index is 2.02. The van der Waals surface area contributed by atoms with E-state index in [1.165, 1.54) is 12.1 Å². The fourth-order valence-electron chi connectivity index (χ4n) is 2.73. The van der Waals surface area contributed by atoms with Gasteiger partial charge in [0.15, 0.2) is 11.5 Å². The third-order valence-electron chi connectivity index (χ3n) is 3.97. The van der Waals surface area contributed by atoms with Crippen LogP contribution in [0.25, 0.3) is 0 Å². The standard InChI is InChI=1S/C19H21NO6S/c1-3-24-19(21)13-20(15-6-4-5-14(2)11-15)27(22,23)16-7-8-17-18(12-16)26-10-9-25-17/h4-8,11-12H,3,9-10,13H2,1-2H3. The van der Waals surface area contributed by atoms with Crippen molar-refractivity contribution in [3.05, 3.63) is 48.0 Å². The van der Waals surface area contributed by atoms with Crippen LogP contribution in [0.1, 0.15) is 12.5 Å². The van der Waals surface area contributed by atoms with Crippen LogP contribution in [-0.2, 0) is 19.6 Å². The molecule has 1 aliphatic heterocycles. The van der Waals surface area contributed by atoms with Crippen molar-refractivity contribution in [1.82, 2.24) is 0 Å². The Hall–Kier alpha value is -2.74. The molecule has 0 bridgehead atoms. The van der Waals surface area contributed by atoms with Crippen molar-refractivity contribution in [2.24, 2.45) is 0 Å². The molecule has 0 aliphatic carbocycles. The van der Waals surface area contributed by atoms with Crippen LogP contribution in [0.15, 0.2) is 47.4 Å². The molecule has 0 spiro atoms. The molecule has 144 valence electrons. The zero-order chi connectivity index (χ0) is 19.4. The van der Waals surface area contributed by atoms with Crippen molar-refractivity contribution in [2.75, 3.05) is 30.7 Å².